The standard InChI is InChI=1S/C9H9N3O2/c1-6(13)9-10-4-7(5-11-9)8-2-3-14-12-8/h2-6,13H,1H3. The Bertz CT molecular complexity index is 395. The lowest BCUT2D eigenvalue weighted by Crippen LogP contribution is -1.98. The zero-order valence-electron chi connectivity index (χ0n) is 7.58. The molecule has 72 valence electrons. The third kappa shape index (κ3) is 1.62. The SMILES string of the molecule is CC(O)c1ncc(-c2ccon2)cn1. The minimum Gasteiger partial charge on any atom is -0.385 e. The van der Waals surface area contributed by atoms with E-state index in [1.165, 1.54) is 6.26 Å². The van der Waals surface area contributed by atoms with E-state index >= 15 is 0 Å². The minimum atomic E-state index is -0.652. The zero-order chi connectivity index (χ0) is 9.97. The average Bonchev–Trinajstić information content (AvgIpc) is 2.71. The zero-order valence-corrected chi connectivity index (χ0v) is 7.58. The molecule has 2 aromatic rings. The molecule has 0 saturated heterocycles. The molecule has 5 nitrogen and oxygen atoms in total. The van der Waals surface area contributed by atoms with Crippen molar-refractivity contribution in [3.8, 4) is 11.3 Å². The van der Waals surface area contributed by atoms with Gasteiger partial charge in [0.1, 0.15) is 18.1 Å². The van der Waals surface area contributed by atoms with Crippen LogP contribution in [0.25, 0.3) is 11.3 Å². The van der Waals surface area contributed by atoms with Gasteiger partial charge in [0.2, 0.25) is 0 Å². The first kappa shape index (κ1) is 8.83. The van der Waals surface area contributed by atoms with Crippen molar-refractivity contribution in [1.82, 2.24) is 15.1 Å². The van der Waals surface area contributed by atoms with E-state index in [2.05, 4.69) is 15.1 Å². The lowest BCUT2D eigenvalue weighted by Gasteiger charge is -2.01. The van der Waals surface area contributed by atoms with E-state index in [0.717, 1.165) is 5.56 Å². The van der Waals surface area contributed by atoms with Crippen LogP contribution in [0.3, 0.4) is 0 Å². The van der Waals surface area contributed by atoms with Crippen molar-refractivity contribution in [2.45, 2.75) is 13.0 Å². The average molecular weight is 191 g/mol. The molecule has 14 heavy (non-hydrogen) atoms. The molecule has 1 unspecified atom stereocenters. The molecule has 0 aliphatic heterocycles. The Balaban J connectivity index is 2.31. The first-order valence-corrected chi connectivity index (χ1v) is 4.18. The number of rotatable bonds is 2. The monoisotopic (exact) mass is 191 g/mol. The van der Waals surface area contributed by atoms with E-state index in [9.17, 15) is 5.11 Å². The van der Waals surface area contributed by atoms with Crippen LogP contribution in [0, 0.1) is 0 Å². The lowest BCUT2D eigenvalue weighted by molar-refractivity contribution is 0.189. The van der Waals surface area contributed by atoms with Crippen molar-refractivity contribution in [1.29, 1.82) is 0 Å². The molecule has 0 amide bonds. The Hall–Kier alpha value is -1.75. The molecule has 0 fully saturated rings. The van der Waals surface area contributed by atoms with Gasteiger partial charge in [-0.15, -0.1) is 0 Å². The molecular weight excluding hydrogens is 182 g/mol. The van der Waals surface area contributed by atoms with Gasteiger partial charge < -0.3 is 9.63 Å². The highest BCUT2D eigenvalue weighted by atomic mass is 16.5. The van der Waals surface area contributed by atoms with Crippen LogP contribution in [0.2, 0.25) is 0 Å². The number of aliphatic hydroxyl groups is 1. The number of hydrogen-bond acceptors (Lipinski definition) is 5. The maximum absolute atomic E-state index is 9.19. The molecule has 0 saturated carbocycles. The van der Waals surface area contributed by atoms with Crippen molar-refractivity contribution in [2.24, 2.45) is 0 Å². The van der Waals surface area contributed by atoms with E-state index in [-0.39, 0.29) is 0 Å². The molecule has 2 rings (SSSR count). The highest BCUT2D eigenvalue weighted by molar-refractivity contribution is 5.55. The fourth-order valence-corrected chi connectivity index (χ4v) is 1.05. The van der Waals surface area contributed by atoms with Crippen LogP contribution in [0.5, 0.6) is 0 Å². The molecule has 1 N–H and O–H groups in total. The summed E-state index contributed by atoms with van der Waals surface area (Å²) < 4.78 is 4.69. The van der Waals surface area contributed by atoms with Gasteiger partial charge in [-0.2, -0.15) is 0 Å². The predicted octanol–water partition coefficient (Wildman–Crippen LogP) is 1.18. The van der Waals surface area contributed by atoms with Crippen molar-refractivity contribution >= 4 is 0 Å². The van der Waals surface area contributed by atoms with Gasteiger partial charge in [0, 0.05) is 24.0 Å². The summed E-state index contributed by atoms with van der Waals surface area (Å²) >= 11 is 0. The van der Waals surface area contributed by atoms with Gasteiger partial charge in [0.15, 0.2) is 5.82 Å². The van der Waals surface area contributed by atoms with E-state index in [1.807, 2.05) is 0 Å². The summed E-state index contributed by atoms with van der Waals surface area (Å²) in [4.78, 5) is 7.98. The fraction of sp³-hybridized carbons (Fsp3) is 0.222. The number of aliphatic hydroxyl groups excluding tert-OH is 1. The van der Waals surface area contributed by atoms with Gasteiger partial charge in [0.25, 0.3) is 0 Å². The Morgan fingerprint density at radius 1 is 1.36 bits per heavy atom. The summed E-state index contributed by atoms with van der Waals surface area (Å²) in [5.41, 5.74) is 1.45. The topological polar surface area (TPSA) is 72.0 Å². The summed E-state index contributed by atoms with van der Waals surface area (Å²) in [7, 11) is 0. The van der Waals surface area contributed by atoms with Gasteiger partial charge in [-0.1, -0.05) is 5.16 Å². The second kappa shape index (κ2) is 3.55. The van der Waals surface area contributed by atoms with Crippen molar-refractivity contribution < 1.29 is 9.63 Å². The summed E-state index contributed by atoms with van der Waals surface area (Å²) in [6.45, 7) is 1.62. The normalized spacial score (nSPS) is 12.7. The Kier molecular flexibility index (Phi) is 2.24. The van der Waals surface area contributed by atoms with Crippen LogP contribution < -0.4 is 0 Å². The van der Waals surface area contributed by atoms with Crippen LogP contribution in [0.1, 0.15) is 18.9 Å². The van der Waals surface area contributed by atoms with Crippen LogP contribution in [0.4, 0.5) is 0 Å². The van der Waals surface area contributed by atoms with E-state index in [0.29, 0.717) is 11.5 Å². The van der Waals surface area contributed by atoms with E-state index < -0.39 is 6.10 Å². The maximum atomic E-state index is 9.19. The molecule has 0 aliphatic rings. The van der Waals surface area contributed by atoms with E-state index in [1.54, 1.807) is 25.4 Å². The molecule has 1 atom stereocenters. The summed E-state index contributed by atoms with van der Waals surface area (Å²) in [5, 5.41) is 12.9. The van der Waals surface area contributed by atoms with Crippen molar-refractivity contribution in [3.63, 3.8) is 0 Å². The summed E-state index contributed by atoms with van der Waals surface area (Å²) in [6.07, 6.45) is 4.04. The molecule has 0 radical (unpaired) electrons. The Morgan fingerprint density at radius 2 is 2.07 bits per heavy atom. The van der Waals surface area contributed by atoms with E-state index in [4.69, 9.17) is 4.52 Å². The lowest BCUT2D eigenvalue weighted by atomic mass is 10.2. The molecule has 0 bridgehead atoms. The quantitative estimate of drug-likeness (QED) is 0.771. The molecule has 0 aromatic carbocycles. The fourth-order valence-electron chi connectivity index (χ4n) is 1.05. The highest BCUT2D eigenvalue weighted by Crippen LogP contribution is 2.15. The molecular formula is C9H9N3O2. The largest absolute Gasteiger partial charge is 0.385 e. The van der Waals surface area contributed by atoms with Gasteiger partial charge in [-0.3, -0.25) is 0 Å². The highest BCUT2D eigenvalue weighted by Gasteiger charge is 2.06. The number of nitrogens with zero attached hydrogens (tertiary/aromatic N) is 3. The van der Waals surface area contributed by atoms with Gasteiger partial charge >= 0.3 is 0 Å². The van der Waals surface area contributed by atoms with Gasteiger partial charge in [-0.05, 0) is 6.92 Å². The first-order chi connectivity index (χ1) is 6.77. The number of hydrogen-bond donors (Lipinski definition) is 1. The number of aromatic nitrogens is 3. The van der Waals surface area contributed by atoms with Crippen molar-refractivity contribution in [2.75, 3.05) is 0 Å². The maximum Gasteiger partial charge on any atom is 0.156 e. The van der Waals surface area contributed by atoms with Gasteiger partial charge in [0.05, 0.1) is 0 Å². The molecule has 2 aromatic heterocycles. The first-order valence-electron chi connectivity index (χ1n) is 4.18. The molecule has 0 spiro atoms. The predicted molar refractivity (Wildman–Crippen MR) is 48.2 cm³/mol. The Labute approximate surface area is 80.4 Å². The third-order valence-electron chi connectivity index (χ3n) is 1.78. The van der Waals surface area contributed by atoms with Crippen LogP contribution in [0.15, 0.2) is 29.2 Å². The second-order valence-electron chi connectivity index (χ2n) is 2.89. The second-order valence-corrected chi connectivity index (χ2v) is 2.89. The Morgan fingerprint density at radius 3 is 2.57 bits per heavy atom. The third-order valence-corrected chi connectivity index (χ3v) is 1.78. The molecule has 5 heteroatoms. The molecule has 0 aliphatic carbocycles. The smallest absolute Gasteiger partial charge is 0.156 e. The van der Waals surface area contributed by atoms with Crippen molar-refractivity contribution in [3.05, 3.63) is 30.5 Å². The van der Waals surface area contributed by atoms with Crippen LogP contribution in [-0.2, 0) is 0 Å². The summed E-state index contributed by atoms with van der Waals surface area (Å²) in [6, 6.07) is 1.72. The summed E-state index contributed by atoms with van der Waals surface area (Å²) in [5.74, 6) is 0.400. The minimum absolute atomic E-state index is 0.400. The van der Waals surface area contributed by atoms with Gasteiger partial charge in [-0.25, -0.2) is 9.97 Å². The van der Waals surface area contributed by atoms with Crippen LogP contribution >= 0.6 is 0 Å². The molecule has 2 heterocycles. The van der Waals surface area contributed by atoms with Crippen LogP contribution in [-0.4, -0.2) is 20.2 Å².